The van der Waals surface area contributed by atoms with E-state index >= 15 is 0 Å². The molecule has 0 heterocycles. The normalized spacial score (nSPS) is 11.1. The number of rotatable bonds is 8. The van der Waals surface area contributed by atoms with Gasteiger partial charge in [0.05, 0.1) is 4.90 Å². The highest BCUT2D eigenvalue weighted by atomic mass is 32.2. The summed E-state index contributed by atoms with van der Waals surface area (Å²) in [5.41, 5.74) is 6.78. The molecule has 2 aromatic carbocycles. The number of hydrazine groups is 1. The van der Waals surface area contributed by atoms with Crippen molar-refractivity contribution in [2.75, 3.05) is 0 Å². The van der Waals surface area contributed by atoms with E-state index in [0.717, 1.165) is 18.4 Å². The van der Waals surface area contributed by atoms with Crippen molar-refractivity contribution in [1.29, 1.82) is 0 Å². The molecule has 0 aliphatic heterocycles. The lowest BCUT2D eigenvalue weighted by atomic mass is 10.1. The molecule has 150 valence electrons. The summed E-state index contributed by atoms with van der Waals surface area (Å²) in [4.78, 5) is 23.7. The van der Waals surface area contributed by atoms with Crippen LogP contribution in [0.25, 0.3) is 0 Å². The molecule has 7 nitrogen and oxygen atoms in total. The zero-order valence-corrected chi connectivity index (χ0v) is 16.8. The molecular formula is C20H25N3O4S. The lowest BCUT2D eigenvalue weighted by Gasteiger charge is -2.09. The van der Waals surface area contributed by atoms with Crippen LogP contribution in [-0.4, -0.2) is 20.2 Å². The van der Waals surface area contributed by atoms with Crippen LogP contribution in [0, 0.1) is 6.92 Å². The number of aryl methyl sites for hydroxylation is 1. The first-order valence-electron chi connectivity index (χ1n) is 9.06. The molecule has 0 aromatic heterocycles. The molecule has 0 aliphatic carbocycles. The minimum absolute atomic E-state index is 0.103. The first kappa shape index (κ1) is 21.6. The van der Waals surface area contributed by atoms with E-state index in [0.29, 0.717) is 17.5 Å². The standard InChI is InChI=1S/C20H25N3O4S/c1-3-4-5-19(24)22-23-20(25)17-10-8-16(9-11-17)14-21-28(26,27)18-12-6-15(2)7-13-18/h6-13,21H,3-5,14H2,1-2H3,(H,22,24)(H,23,25). The minimum atomic E-state index is -3.60. The van der Waals surface area contributed by atoms with Crippen molar-refractivity contribution in [2.24, 2.45) is 0 Å². The smallest absolute Gasteiger partial charge is 0.269 e. The fourth-order valence-corrected chi connectivity index (χ4v) is 3.37. The highest BCUT2D eigenvalue weighted by molar-refractivity contribution is 7.89. The Morgan fingerprint density at radius 2 is 1.57 bits per heavy atom. The Kier molecular flexibility index (Phi) is 7.71. The number of sulfonamides is 1. The molecule has 2 amide bonds. The lowest BCUT2D eigenvalue weighted by molar-refractivity contribution is -0.121. The average Bonchev–Trinajstić information content (AvgIpc) is 2.69. The Hall–Kier alpha value is -2.71. The predicted molar refractivity (Wildman–Crippen MR) is 107 cm³/mol. The fourth-order valence-electron chi connectivity index (χ4n) is 2.35. The van der Waals surface area contributed by atoms with Gasteiger partial charge in [0.2, 0.25) is 15.9 Å². The van der Waals surface area contributed by atoms with E-state index in [1.54, 1.807) is 48.5 Å². The van der Waals surface area contributed by atoms with E-state index < -0.39 is 15.9 Å². The van der Waals surface area contributed by atoms with Gasteiger partial charge >= 0.3 is 0 Å². The van der Waals surface area contributed by atoms with Gasteiger partial charge in [-0.1, -0.05) is 43.2 Å². The predicted octanol–water partition coefficient (Wildman–Crippen LogP) is 2.42. The van der Waals surface area contributed by atoms with Gasteiger partial charge in [0.15, 0.2) is 0 Å². The van der Waals surface area contributed by atoms with Gasteiger partial charge in [-0.15, -0.1) is 0 Å². The number of benzene rings is 2. The first-order valence-corrected chi connectivity index (χ1v) is 10.5. The quantitative estimate of drug-likeness (QED) is 0.589. The van der Waals surface area contributed by atoms with Crippen LogP contribution < -0.4 is 15.6 Å². The second-order valence-corrected chi connectivity index (χ2v) is 8.21. The second kappa shape index (κ2) is 10.0. The van der Waals surface area contributed by atoms with E-state index in [-0.39, 0.29) is 17.3 Å². The molecule has 0 saturated carbocycles. The van der Waals surface area contributed by atoms with Crippen LogP contribution >= 0.6 is 0 Å². The molecule has 0 saturated heterocycles. The lowest BCUT2D eigenvalue weighted by Crippen LogP contribution is -2.41. The summed E-state index contributed by atoms with van der Waals surface area (Å²) in [5.74, 6) is -0.672. The summed E-state index contributed by atoms with van der Waals surface area (Å²) in [6.07, 6.45) is 2.02. The highest BCUT2D eigenvalue weighted by Gasteiger charge is 2.13. The molecule has 0 fully saturated rings. The Morgan fingerprint density at radius 3 is 2.18 bits per heavy atom. The second-order valence-electron chi connectivity index (χ2n) is 6.44. The van der Waals surface area contributed by atoms with Crippen molar-refractivity contribution in [2.45, 2.75) is 44.6 Å². The van der Waals surface area contributed by atoms with Gasteiger partial charge in [-0.25, -0.2) is 13.1 Å². The van der Waals surface area contributed by atoms with Gasteiger partial charge in [0.25, 0.3) is 5.91 Å². The zero-order chi connectivity index (χ0) is 20.6. The summed E-state index contributed by atoms with van der Waals surface area (Å²) >= 11 is 0. The van der Waals surface area contributed by atoms with Crippen molar-refractivity contribution in [3.63, 3.8) is 0 Å². The molecule has 0 atom stereocenters. The molecule has 3 N–H and O–H groups in total. The number of nitrogens with one attached hydrogen (secondary N) is 3. The van der Waals surface area contributed by atoms with E-state index in [2.05, 4.69) is 15.6 Å². The van der Waals surface area contributed by atoms with Crippen molar-refractivity contribution < 1.29 is 18.0 Å². The van der Waals surface area contributed by atoms with Crippen LogP contribution in [0.2, 0.25) is 0 Å². The molecule has 0 radical (unpaired) electrons. The molecule has 2 aromatic rings. The topological polar surface area (TPSA) is 104 Å². The van der Waals surface area contributed by atoms with Crippen molar-refractivity contribution in [1.82, 2.24) is 15.6 Å². The van der Waals surface area contributed by atoms with Crippen LogP contribution in [0.15, 0.2) is 53.4 Å². The molecule has 0 unspecified atom stereocenters. The van der Waals surface area contributed by atoms with Gasteiger partial charge in [-0.2, -0.15) is 0 Å². The van der Waals surface area contributed by atoms with Crippen molar-refractivity contribution >= 4 is 21.8 Å². The van der Waals surface area contributed by atoms with Gasteiger partial charge in [-0.05, 0) is 43.2 Å². The number of unbranched alkanes of at least 4 members (excludes halogenated alkanes) is 1. The van der Waals surface area contributed by atoms with E-state index in [9.17, 15) is 18.0 Å². The van der Waals surface area contributed by atoms with Crippen LogP contribution in [0.3, 0.4) is 0 Å². The van der Waals surface area contributed by atoms with Crippen LogP contribution in [-0.2, 0) is 21.4 Å². The van der Waals surface area contributed by atoms with Crippen LogP contribution in [0.5, 0.6) is 0 Å². The first-order chi connectivity index (χ1) is 13.3. The summed E-state index contributed by atoms with van der Waals surface area (Å²) in [6.45, 7) is 3.97. The number of carbonyl (C=O) groups is 2. The third-order valence-corrected chi connectivity index (χ3v) is 5.50. The maximum Gasteiger partial charge on any atom is 0.269 e. The number of hydrogen-bond donors (Lipinski definition) is 3. The SMILES string of the molecule is CCCCC(=O)NNC(=O)c1ccc(CNS(=O)(=O)c2ccc(C)cc2)cc1. The Bertz CT molecular complexity index is 907. The maximum atomic E-state index is 12.3. The fraction of sp³-hybridized carbons (Fsp3) is 0.300. The molecule has 0 spiro atoms. The largest absolute Gasteiger partial charge is 0.273 e. The number of hydrogen-bond acceptors (Lipinski definition) is 4. The molecule has 8 heteroatoms. The average molecular weight is 404 g/mol. The van der Waals surface area contributed by atoms with E-state index in [1.807, 2.05) is 13.8 Å². The van der Waals surface area contributed by atoms with Gasteiger partial charge in [-0.3, -0.25) is 20.4 Å². The van der Waals surface area contributed by atoms with E-state index in [4.69, 9.17) is 0 Å². The van der Waals surface area contributed by atoms with Crippen LogP contribution in [0.4, 0.5) is 0 Å². The van der Waals surface area contributed by atoms with Crippen LogP contribution in [0.1, 0.15) is 47.7 Å². The summed E-state index contributed by atoms with van der Waals surface area (Å²) in [5, 5.41) is 0. The summed E-state index contributed by atoms with van der Waals surface area (Å²) < 4.78 is 27.1. The van der Waals surface area contributed by atoms with Crippen molar-refractivity contribution in [3.8, 4) is 0 Å². The van der Waals surface area contributed by atoms with Gasteiger partial charge < -0.3 is 0 Å². The summed E-state index contributed by atoms with van der Waals surface area (Å²) in [7, 11) is -3.60. The maximum absolute atomic E-state index is 12.3. The zero-order valence-electron chi connectivity index (χ0n) is 16.0. The molecule has 0 aliphatic rings. The molecule has 2 rings (SSSR count). The van der Waals surface area contributed by atoms with Gasteiger partial charge in [0.1, 0.15) is 0 Å². The third-order valence-electron chi connectivity index (χ3n) is 4.09. The number of carbonyl (C=O) groups excluding carboxylic acids is 2. The summed E-state index contributed by atoms with van der Waals surface area (Å²) in [6, 6.07) is 13.1. The van der Waals surface area contributed by atoms with Gasteiger partial charge in [0, 0.05) is 18.5 Å². The third kappa shape index (κ3) is 6.47. The van der Waals surface area contributed by atoms with E-state index in [1.165, 1.54) is 0 Å². The molecular weight excluding hydrogens is 378 g/mol. The monoisotopic (exact) mass is 403 g/mol. The Morgan fingerprint density at radius 1 is 0.929 bits per heavy atom. The van der Waals surface area contributed by atoms with Crippen molar-refractivity contribution in [3.05, 3.63) is 65.2 Å². The highest BCUT2D eigenvalue weighted by Crippen LogP contribution is 2.11. The minimum Gasteiger partial charge on any atom is -0.273 e. The Labute approximate surface area is 165 Å². The molecule has 0 bridgehead atoms. The number of amides is 2. The Balaban J connectivity index is 1.89. The molecule has 28 heavy (non-hydrogen) atoms.